The Balaban J connectivity index is 1.98. The minimum atomic E-state index is -0.597. The number of aliphatic hydroxyl groups is 1. The van der Waals surface area contributed by atoms with Gasteiger partial charge in [0.05, 0.1) is 24.6 Å². The van der Waals surface area contributed by atoms with Crippen LogP contribution in [-0.4, -0.2) is 58.6 Å². The number of nitriles is 1. The van der Waals surface area contributed by atoms with Gasteiger partial charge in [-0.05, 0) is 46.1 Å². The molecule has 130 valence electrons. The molecule has 0 bridgehead atoms. The number of rotatable bonds is 6. The lowest BCUT2D eigenvalue weighted by Crippen LogP contribution is -2.51. The van der Waals surface area contributed by atoms with E-state index in [1.165, 1.54) is 6.42 Å². The first-order valence-electron chi connectivity index (χ1n) is 9.10. The fourth-order valence-corrected chi connectivity index (χ4v) is 4.37. The zero-order chi connectivity index (χ0) is 16.9. The van der Waals surface area contributed by atoms with Crippen LogP contribution in [0.15, 0.2) is 0 Å². The van der Waals surface area contributed by atoms with Crippen LogP contribution in [0.1, 0.15) is 58.8 Å². The third kappa shape index (κ3) is 4.45. The van der Waals surface area contributed by atoms with Crippen LogP contribution in [0, 0.1) is 17.2 Å². The quantitative estimate of drug-likeness (QED) is 0.814. The zero-order valence-corrected chi connectivity index (χ0v) is 14.6. The van der Waals surface area contributed by atoms with Crippen LogP contribution in [-0.2, 0) is 4.79 Å². The Kier molecular flexibility index (Phi) is 6.43. The molecule has 1 aliphatic heterocycles. The lowest BCUT2D eigenvalue weighted by atomic mass is 9.72. The molecule has 3 atom stereocenters. The first-order chi connectivity index (χ1) is 11.0. The van der Waals surface area contributed by atoms with Crippen molar-refractivity contribution >= 4 is 5.91 Å². The van der Waals surface area contributed by atoms with Crippen molar-refractivity contribution in [2.24, 2.45) is 5.92 Å². The molecule has 5 nitrogen and oxygen atoms in total. The maximum absolute atomic E-state index is 12.5. The molecule has 0 aromatic carbocycles. The van der Waals surface area contributed by atoms with Crippen LogP contribution in [0.2, 0.25) is 0 Å². The largest absolute Gasteiger partial charge is 0.390 e. The van der Waals surface area contributed by atoms with E-state index in [-0.39, 0.29) is 11.8 Å². The van der Waals surface area contributed by atoms with Crippen LogP contribution >= 0.6 is 0 Å². The minimum Gasteiger partial charge on any atom is -0.390 e. The van der Waals surface area contributed by atoms with Crippen LogP contribution in [0.3, 0.4) is 0 Å². The van der Waals surface area contributed by atoms with Crippen molar-refractivity contribution in [2.45, 2.75) is 70.4 Å². The van der Waals surface area contributed by atoms with Crippen LogP contribution in [0.5, 0.6) is 0 Å². The molecule has 1 amide bonds. The Morgan fingerprint density at radius 3 is 2.83 bits per heavy atom. The molecule has 1 saturated heterocycles. The van der Waals surface area contributed by atoms with E-state index < -0.39 is 5.60 Å². The summed E-state index contributed by atoms with van der Waals surface area (Å²) >= 11 is 0. The van der Waals surface area contributed by atoms with E-state index in [1.54, 1.807) is 4.90 Å². The predicted octanol–water partition coefficient (Wildman–Crippen LogP) is 2.15. The van der Waals surface area contributed by atoms with Gasteiger partial charge < -0.3 is 10.0 Å². The van der Waals surface area contributed by atoms with Crippen molar-refractivity contribution in [1.82, 2.24) is 9.80 Å². The first-order valence-corrected chi connectivity index (χ1v) is 9.10. The second kappa shape index (κ2) is 8.12. The Bertz CT molecular complexity index is 444. The third-order valence-corrected chi connectivity index (χ3v) is 5.69. The molecule has 0 aromatic rings. The van der Waals surface area contributed by atoms with Gasteiger partial charge in [-0.25, -0.2) is 0 Å². The summed E-state index contributed by atoms with van der Waals surface area (Å²) < 4.78 is 0. The number of amides is 1. The van der Waals surface area contributed by atoms with Crippen molar-refractivity contribution in [3.63, 3.8) is 0 Å². The summed E-state index contributed by atoms with van der Waals surface area (Å²) in [5, 5.41) is 19.5. The number of carbonyl (C=O) groups excluding carboxylic acids is 1. The molecule has 5 heteroatoms. The molecule has 2 rings (SSSR count). The highest BCUT2D eigenvalue weighted by atomic mass is 16.3. The molecule has 23 heavy (non-hydrogen) atoms. The normalized spacial score (nSPS) is 31.7. The molecule has 0 spiro atoms. The summed E-state index contributed by atoms with van der Waals surface area (Å²) in [5.74, 6) is 0.394. The highest BCUT2D eigenvalue weighted by Gasteiger charge is 2.43. The number of carbonyl (C=O) groups is 1. The molecule has 1 heterocycles. The lowest BCUT2D eigenvalue weighted by Gasteiger charge is -2.43. The van der Waals surface area contributed by atoms with Crippen molar-refractivity contribution in [3.05, 3.63) is 0 Å². The van der Waals surface area contributed by atoms with Crippen molar-refractivity contribution in [2.75, 3.05) is 26.2 Å². The van der Waals surface area contributed by atoms with Gasteiger partial charge in [-0.1, -0.05) is 12.8 Å². The van der Waals surface area contributed by atoms with E-state index >= 15 is 0 Å². The molecule has 1 aliphatic carbocycles. The van der Waals surface area contributed by atoms with Gasteiger partial charge in [-0.15, -0.1) is 0 Å². The molecule has 2 fully saturated rings. The van der Waals surface area contributed by atoms with Crippen LogP contribution in [0.4, 0.5) is 0 Å². The van der Waals surface area contributed by atoms with Crippen molar-refractivity contribution < 1.29 is 9.90 Å². The Morgan fingerprint density at radius 1 is 1.39 bits per heavy atom. The van der Waals surface area contributed by atoms with E-state index in [0.29, 0.717) is 32.1 Å². The molecular formula is C18H31N3O2. The summed E-state index contributed by atoms with van der Waals surface area (Å²) in [6.45, 7) is 6.48. The van der Waals surface area contributed by atoms with Crippen LogP contribution in [0.25, 0.3) is 0 Å². The third-order valence-electron chi connectivity index (χ3n) is 5.69. The fourth-order valence-electron chi connectivity index (χ4n) is 4.37. The minimum absolute atomic E-state index is 0.116. The Labute approximate surface area is 140 Å². The van der Waals surface area contributed by atoms with Gasteiger partial charge in [0.25, 0.3) is 0 Å². The molecule has 1 N–H and O–H groups in total. The van der Waals surface area contributed by atoms with Gasteiger partial charge in [0.1, 0.15) is 0 Å². The average molecular weight is 321 g/mol. The van der Waals surface area contributed by atoms with Crippen molar-refractivity contribution in [3.8, 4) is 6.07 Å². The van der Waals surface area contributed by atoms with Gasteiger partial charge in [0, 0.05) is 25.0 Å². The van der Waals surface area contributed by atoms with Crippen LogP contribution < -0.4 is 0 Å². The molecule has 0 unspecified atom stereocenters. The van der Waals surface area contributed by atoms with Gasteiger partial charge in [0.2, 0.25) is 5.91 Å². The lowest BCUT2D eigenvalue weighted by molar-refractivity contribution is -0.133. The van der Waals surface area contributed by atoms with Gasteiger partial charge >= 0.3 is 0 Å². The molecule has 0 radical (unpaired) electrons. The second-order valence-electron chi connectivity index (χ2n) is 7.27. The topological polar surface area (TPSA) is 67.6 Å². The number of hydrogen-bond acceptors (Lipinski definition) is 4. The van der Waals surface area contributed by atoms with E-state index in [1.807, 2.05) is 13.8 Å². The van der Waals surface area contributed by atoms with Gasteiger partial charge in [-0.3, -0.25) is 9.69 Å². The number of likely N-dealkylation sites (tertiary alicyclic amines) is 1. The Hall–Kier alpha value is -1.12. The van der Waals surface area contributed by atoms with E-state index in [2.05, 4.69) is 11.0 Å². The maximum atomic E-state index is 12.5. The second-order valence-corrected chi connectivity index (χ2v) is 7.27. The summed E-state index contributed by atoms with van der Waals surface area (Å²) in [5.41, 5.74) is -0.597. The average Bonchev–Trinajstić information content (AvgIpc) is 2.95. The Morgan fingerprint density at radius 2 is 2.17 bits per heavy atom. The zero-order valence-electron chi connectivity index (χ0n) is 14.6. The summed E-state index contributed by atoms with van der Waals surface area (Å²) in [7, 11) is 0. The highest BCUT2D eigenvalue weighted by Crippen LogP contribution is 2.40. The number of nitrogens with zero attached hydrogens (tertiary/aromatic N) is 3. The van der Waals surface area contributed by atoms with E-state index in [0.717, 1.165) is 38.6 Å². The monoisotopic (exact) mass is 321 g/mol. The smallest absolute Gasteiger partial charge is 0.236 e. The molecule has 2 aliphatic rings. The SMILES string of the molecule is CCN(CCC#N)C(=O)CN1CCC[C@@H]1[C@H]1CCCC[C@@]1(C)O. The summed E-state index contributed by atoms with van der Waals surface area (Å²) in [6.07, 6.45) is 6.80. The molecule has 0 aromatic heterocycles. The highest BCUT2D eigenvalue weighted by molar-refractivity contribution is 5.78. The maximum Gasteiger partial charge on any atom is 0.236 e. The van der Waals surface area contributed by atoms with Crippen molar-refractivity contribution in [1.29, 1.82) is 5.26 Å². The first kappa shape index (κ1) is 18.2. The molecular weight excluding hydrogens is 290 g/mol. The van der Waals surface area contributed by atoms with Gasteiger partial charge in [0.15, 0.2) is 0 Å². The summed E-state index contributed by atoms with van der Waals surface area (Å²) in [6, 6.07) is 2.43. The van der Waals surface area contributed by atoms with E-state index in [9.17, 15) is 9.90 Å². The number of hydrogen-bond donors (Lipinski definition) is 1. The molecule has 1 saturated carbocycles. The van der Waals surface area contributed by atoms with E-state index in [4.69, 9.17) is 5.26 Å². The predicted molar refractivity (Wildman–Crippen MR) is 89.7 cm³/mol. The fraction of sp³-hybridized carbons (Fsp3) is 0.889. The van der Waals surface area contributed by atoms with Gasteiger partial charge in [-0.2, -0.15) is 5.26 Å². The standard InChI is InChI=1S/C18H31N3O2/c1-3-20(13-7-11-19)17(22)14-21-12-6-9-16(21)15-8-4-5-10-18(15,2)23/h15-16,23H,3-10,12-14H2,1-2H3/t15-,16-,18-/m1/s1. The summed E-state index contributed by atoms with van der Waals surface area (Å²) in [4.78, 5) is 16.6. The number of likely N-dealkylation sites (N-methyl/N-ethyl adjacent to an activating group) is 1.